The van der Waals surface area contributed by atoms with Crippen molar-refractivity contribution in [3.8, 4) is 0 Å². The first kappa shape index (κ1) is 14.1. The number of carbonyl (C=O) groups excluding carboxylic acids is 2. The maximum Gasteiger partial charge on any atom is 0.309 e. The molecule has 0 aromatic heterocycles. The van der Waals surface area contributed by atoms with Gasteiger partial charge >= 0.3 is 11.8 Å². The average Bonchev–Trinajstić information content (AvgIpc) is 2.33. The van der Waals surface area contributed by atoms with Crippen LogP contribution in [0.4, 0.5) is 0 Å². The van der Waals surface area contributed by atoms with E-state index in [0.29, 0.717) is 6.54 Å². The van der Waals surface area contributed by atoms with Crippen LogP contribution in [0.25, 0.3) is 0 Å². The van der Waals surface area contributed by atoms with Crippen LogP contribution in [0, 0.1) is 6.92 Å². The van der Waals surface area contributed by atoms with Crippen molar-refractivity contribution in [1.29, 1.82) is 0 Å². The number of thiocarbonyl (C=S) groups is 1. The molecule has 0 aliphatic carbocycles. The van der Waals surface area contributed by atoms with Crippen molar-refractivity contribution in [3.63, 3.8) is 0 Å². The Kier molecular flexibility index (Phi) is 5.26. The van der Waals surface area contributed by atoms with Gasteiger partial charge in [0, 0.05) is 6.54 Å². The molecule has 0 saturated carbocycles. The maximum atomic E-state index is 11.4. The van der Waals surface area contributed by atoms with E-state index >= 15 is 0 Å². The van der Waals surface area contributed by atoms with Gasteiger partial charge < -0.3 is 16.4 Å². The summed E-state index contributed by atoms with van der Waals surface area (Å²) in [4.78, 5) is 22.8. The van der Waals surface area contributed by atoms with Gasteiger partial charge in [-0.2, -0.15) is 0 Å². The third-order valence-electron chi connectivity index (χ3n) is 2.16. The van der Waals surface area contributed by atoms with E-state index in [1.54, 1.807) is 0 Å². The van der Waals surface area contributed by atoms with Crippen LogP contribution in [0.3, 0.4) is 0 Å². The zero-order valence-electron chi connectivity index (χ0n) is 10.0. The van der Waals surface area contributed by atoms with Crippen LogP contribution in [0.2, 0.25) is 0 Å². The zero-order valence-corrected chi connectivity index (χ0v) is 10.8. The number of benzene rings is 1. The van der Waals surface area contributed by atoms with Crippen LogP contribution in [-0.2, 0) is 16.1 Å². The van der Waals surface area contributed by atoms with Gasteiger partial charge in [-0.15, -0.1) is 0 Å². The highest BCUT2D eigenvalue weighted by Gasteiger charge is 2.12. The molecule has 4 N–H and O–H groups in total. The number of amides is 2. The molecule has 0 saturated heterocycles. The minimum Gasteiger partial charge on any atom is -0.392 e. The summed E-state index contributed by atoms with van der Waals surface area (Å²) in [6.45, 7) is 2.28. The average molecular weight is 265 g/mol. The van der Waals surface area contributed by atoms with E-state index in [4.69, 9.17) is 5.73 Å². The number of hydrogen-bond acceptors (Lipinski definition) is 3. The molecular weight excluding hydrogens is 250 g/mol. The molecule has 1 aromatic carbocycles. The number of hydrogen-bond donors (Lipinski definition) is 3. The lowest BCUT2D eigenvalue weighted by atomic mass is 10.1. The van der Waals surface area contributed by atoms with Crippen molar-refractivity contribution in [3.05, 3.63) is 35.4 Å². The highest BCUT2D eigenvalue weighted by atomic mass is 32.1. The van der Waals surface area contributed by atoms with Gasteiger partial charge in [0.05, 0.1) is 11.5 Å². The van der Waals surface area contributed by atoms with E-state index in [1.807, 2.05) is 31.2 Å². The molecule has 0 bridgehead atoms. The van der Waals surface area contributed by atoms with Gasteiger partial charge in [0.2, 0.25) is 0 Å². The molecule has 1 rings (SSSR count). The molecule has 0 fully saturated rings. The van der Waals surface area contributed by atoms with Gasteiger partial charge in [0.1, 0.15) is 0 Å². The van der Waals surface area contributed by atoms with Gasteiger partial charge in [-0.1, -0.05) is 42.0 Å². The Balaban J connectivity index is 2.41. The molecule has 1 aromatic rings. The molecule has 2 amide bonds. The topological polar surface area (TPSA) is 84.2 Å². The van der Waals surface area contributed by atoms with Crippen LogP contribution in [0.15, 0.2) is 24.3 Å². The lowest BCUT2D eigenvalue weighted by molar-refractivity contribution is -0.139. The predicted octanol–water partition coefficient (Wildman–Crippen LogP) is 0.0135. The van der Waals surface area contributed by atoms with Gasteiger partial charge in [-0.3, -0.25) is 9.59 Å². The Morgan fingerprint density at radius 2 is 1.94 bits per heavy atom. The quantitative estimate of drug-likeness (QED) is 0.529. The van der Waals surface area contributed by atoms with Crippen molar-refractivity contribution < 1.29 is 9.59 Å². The monoisotopic (exact) mass is 265 g/mol. The zero-order chi connectivity index (χ0) is 13.5. The first-order chi connectivity index (χ1) is 8.49. The third kappa shape index (κ3) is 4.92. The SMILES string of the molecule is Cc1cccc(CNC(=O)C(=O)NCC(N)=S)c1. The summed E-state index contributed by atoms with van der Waals surface area (Å²) in [6.07, 6.45) is 0. The number of aryl methyl sites for hydroxylation is 1. The lowest BCUT2D eigenvalue weighted by Crippen LogP contribution is -2.42. The molecule has 0 aliphatic rings. The number of nitrogens with one attached hydrogen (secondary N) is 2. The van der Waals surface area contributed by atoms with Gasteiger partial charge in [0.15, 0.2) is 0 Å². The predicted molar refractivity (Wildman–Crippen MR) is 72.8 cm³/mol. The van der Waals surface area contributed by atoms with E-state index in [0.717, 1.165) is 11.1 Å². The Labute approximate surface area is 111 Å². The highest BCUT2D eigenvalue weighted by molar-refractivity contribution is 7.80. The second-order valence-corrected chi connectivity index (χ2v) is 4.35. The van der Waals surface area contributed by atoms with Crippen LogP contribution in [-0.4, -0.2) is 23.3 Å². The summed E-state index contributed by atoms with van der Waals surface area (Å²) < 4.78 is 0. The van der Waals surface area contributed by atoms with Crippen molar-refractivity contribution in [2.24, 2.45) is 5.73 Å². The molecule has 0 atom stereocenters. The van der Waals surface area contributed by atoms with E-state index in [1.165, 1.54) is 0 Å². The summed E-state index contributed by atoms with van der Waals surface area (Å²) >= 11 is 4.59. The first-order valence-electron chi connectivity index (χ1n) is 5.39. The van der Waals surface area contributed by atoms with E-state index in [2.05, 4.69) is 22.9 Å². The molecule has 18 heavy (non-hydrogen) atoms. The Bertz CT molecular complexity index is 474. The third-order valence-corrected chi connectivity index (χ3v) is 2.31. The summed E-state index contributed by atoms with van der Waals surface area (Å²) in [5.74, 6) is -1.44. The summed E-state index contributed by atoms with van der Waals surface area (Å²) in [6, 6.07) is 7.66. The summed E-state index contributed by atoms with van der Waals surface area (Å²) in [7, 11) is 0. The molecule has 0 heterocycles. The molecular formula is C12H15N3O2S. The summed E-state index contributed by atoms with van der Waals surface area (Å²) in [5, 5.41) is 4.83. The minimum absolute atomic E-state index is 0.0199. The van der Waals surface area contributed by atoms with Crippen molar-refractivity contribution in [2.75, 3.05) is 6.54 Å². The van der Waals surface area contributed by atoms with Crippen LogP contribution < -0.4 is 16.4 Å². The molecule has 5 nitrogen and oxygen atoms in total. The van der Waals surface area contributed by atoms with Gasteiger partial charge in [-0.25, -0.2) is 0 Å². The van der Waals surface area contributed by atoms with Crippen LogP contribution in [0.1, 0.15) is 11.1 Å². The van der Waals surface area contributed by atoms with Crippen LogP contribution >= 0.6 is 12.2 Å². The second kappa shape index (κ2) is 6.70. The number of carbonyl (C=O) groups is 2. The van der Waals surface area contributed by atoms with Crippen molar-refractivity contribution in [1.82, 2.24) is 10.6 Å². The van der Waals surface area contributed by atoms with E-state index < -0.39 is 11.8 Å². The van der Waals surface area contributed by atoms with Crippen LogP contribution in [0.5, 0.6) is 0 Å². The molecule has 0 unspecified atom stereocenters. The van der Waals surface area contributed by atoms with Gasteiger partial charge in [-0.05, 0) is 12.5 Å². The largest absolute Gasteiger partial charge is 0.392 e. The second-order valence-electron chi connectivity index (χ2n) is 3.82. The van der Waals surface area contributed by atoms with Crippen molar-refractivity contribution >= 4 is 29.0 Å². The Morgan fingerprint density at radius 3 is 2.56 bits per heavy atom. The fourth-order valence-corrected chi connectivity index (χ4v) is 1.40. The molecule has 6 heteroatoms. The van der Waals surface area contributed by atoms with Gasteiger partial charge in [0.25, 0.3) is 0 Å². The first-order valence-corrected chi connectivity index (χ1v) is 5.79. The Hall–Kier alpha value is -1.95. The normalized spacial score (nSPS) is 9.61. The Morgan fingerprint density at radius 1 is 1.28 bits per heavy atom. The smallest absolute Gasteiger partial charge is 0.309 e. The highest BCUT2D eigenvalue weighted by Crippen LogP contribution is 2.02. The fraction of sp³-hybridized carbons (Fsp3) is 0.250. The van der Waals surface area contributed by atoms with E-state index in [-0.39, 0.29) is 11.5 Å². The summed E-state index contributed by atoms with van der Waals surface area (Å²) in [5.41, 5.74) is 7.24. The van der Waals surface area contributed by atoms with E-state index in [9.17, 15) is 9.59 Å². The molecule has 0 aliphatic heterocycles. The molecule has 0 radical (unpaired) electrons. The van der Waals surface area contributed by atoms with Crippen molar-refractivity contribution in [2.45, 2.75) is 13.5 Å². The molecule has 0 spiro atoms. The lowest BCUT2D eigenvalue weighted by Gasteiger charge is -2.06. The maximum absolute atomic E-state index is 11.4. The molecule has 96 valence electrons. The minimum atomic E-state index is -0.740. The number of rotatable bonds is 4. The number of nitrogens with two attached hydrogens (primary N) is 1. The standard InChI is InChI=1S/C12H15N3O2S/c1-8-3-2-4-9(5-8)6-14-11(16)12(17)15-7-10(13)18/h2-5H,6-7H2,1H3,(H2,13,18)(H,14,16)(H,15,17). The fourth-order valence-electron chi connectivity index (χ4n) is 1.33.